The fourth-order valence-electron chi connectivity index (χ4n) is 3.58. The van der Waals surface area contributed by atoms with E-state index in [-0.39, 0.29) is 0 Å². The summed E-state index contributed by atoms with van der Waals surface area (Å²) >= 11 is 0. The van der Waals surface area contributed by atoms with Gasteiger partial charge in [-0.15, -0.1) is 0 Å². The van der Waals surface area contributed by atoms with Gasteiger partial charge in [0, 0.05) is 24.3 Å². The largest absolute Gasteiger partial charge is 0.296 e. The summed E-state index contributed by atoms with van der Waals surface area (Å²) in [4.78, 5) is 6.73. The molecule has 3 rings (SSSR count). The van der Waals surface area contributed by atoms with Gasteiger partial charge in [-0.2, -0.15) is 5.26 Å². The summed E-state index contributed by atoms with van der Waals surface area (Å²) in [7, 11) is 0. The number of hydrogen-bond acceptors (Lipinski definition) is 3. The maximum absolute atomic E-state index is 9.09. The van der Waals surface area contributed by atoms with Crippen LogP contribution in [0.5, 0.6) is 0 Å². The molecule has 3 heteroatoms. The van der Waals surface area contributed by atoms with Crippen LogP contribution in [0.25, 0.3) is 0 Å². The number of nitrogens with zero attached hydrogens (tertiary/aromatic N) is 3. The van der Waals surface area contributed by atoms with Crippen LogP contribution >= 0.6 is 0 Å². The van der Waals surface area contributed by atoms with Crippen LogP contribution in [0, 0.1) is 17.2 Å². The van der Waals surface area contributed by atoms with Crippen molar-refractivity contribution in [1.82, 2.24) is 9.88 Å². The van der Waals surface area contributed by atoms with Gasteiger partial charge in [-0.05, 0) is 37.8 Å². The zero-order chi connectivity index (χ0) is 12.4. The molecule has 0 aromatic carbocycles. The van der Waals surface area contributed by atoms with E-state index in [0.717, 1.165) is 24.1 Å². The van der Waals surface area contributed by atoms with Crippen LogP contribution in [-0.2, 0) is 6.54 Å². The summed E-state index contributed by atoms with van der Waals surface area (Å²) in [6.07, 6.45) is 8.57. The van der Waals surface area contributed by atoms with E-state index in [2.05, 4.69) is 16.0 Å². The third-order valence-corrected chi connectivity index (χ3v) is 4.50. The third kappa shape index (κ3) is 2.13. The molecular weight excluding hydrogens is 222 g/mol. The van der Waals surface area contributed by atoms with Crippen LogP contribution < -0.4 is 0 Å². The molecule has 1 aliphatic heterocycles. The summed E-state index contributed by atoms with van der Waals surface area (Å²) in [5.74, 6) is 0.904. The van der Waals surface area contributed by atoms with Crippen molar-refractivity contribution in [2.45, 2.75) is 44.7 Å². The number of hydrogen-bond donors (Lipinski definition) is 0. The van der Waals surface area contributed by atoms with Gasteiger partial charge in [0.2, 0.25) is 0 Å². The summed E-state index contributed by atoms with van der Waals surface area (Å²) < 4.78 is 0. The average molecular weight is 241 g/mol. The highest BCUT2D eigenvalue weighted by molar-refractivity contribution is 5.30. The van der Waals surface area contributed by atoms with E-state index in [4.69, 9.17) is 5.26 Å². The highest BCUT2D eigenvalue weighted by Gasteiger charge is 2.35. The van der Waals surface area contributed by atoms with Crippen LogP contribution in [-0.4, -0.2) is 22.5 Å². The van der Waals surface area contributed by atoms with Gasteiger partial charge in [-0.25, -0.2) is 4.98 Å². The Morgan fingerprint density at radius 2 is 2.22 bits per heavy atom. The smallest absolute Gasteiger partial charge is 0.144 e. The first kappa shape index (κ1) is 11.7. The molecule has 0 bridgehead atoms. The molecule has 2 unspecified atom stereocenters. The van der Waals surface area contributed by atoms with Crippen LogP contribution in [0.2, 0.25) is 0 Å². The van der Waals surface area contributed by atoms with Gasteiger partial charge in [0.15, 0.2) is 0 Å². The summed E-state index contributed by atoms with van der Waals surface area (Å²) in [5.41, 5.74) is 1.68. The maximum atomic E-state index is 9.09. The Kier molecular flexibility index (Phi) is 3.29. The van der Waals surface area contributed by atoms with Crippen LogP contribution in [0.15, 0.2) is 18.3 Å². The third-order valence-electron chi connectivity index (χ3n) is 4.50. The second kappa shape index (κ2) is 5.07. The fourth-order valence-corrected chi connectivity index (χ4v) is 3.58. The highest BCUT2D eigenvalue weighted by atomic mass is 15.2. The van der Waals surface area contributed by atoms with Crippen molar-refractivity contribution in [3.63, 3.8) is 0 Å². The molecule has 0 N–H and O–H groups in total. The van der Waals surface area contributed by atoms with E-state index in [1.807, 2.05) is 12.1 Å². The van der Waals surface area contributed by atoms with Gasteiger partial charge in [-0.3, -0.25) is 4.90 Å². The van der Waals surface area contributed by atoms with E-state index in [1.54, 1.807) is 6.20 Å². The van der Waals surface area contributed by atoms with Crippen molar-refractivity contribution < 1.29 is 0 Å². The monoisotopic (exact) mass is 241 g/mol. The predicted molar refractivity (Wildman–Crippen MR) is 69.7 cm³/mol. The Hall–Kier alpha value is -1.40. The van der Waals surface area contributed by atoms with E-state index in [0.29, 0.717) is 5.69 Å². The Bertz CT molecular complexity index is 463. The molecule has 2 aliphatic rings. The lowest BCUT2D eigenvalue weighted by molar-refractivity contribution is 0.175. The number of pyridine rings is 1. The Morgan fingerprint density at radius 3 is 3.11 bits per heavy atom. The predicted octanol–water partition coefficient (Wildman–Crippen LogP) is 2.72. The normalized spacial score (nSPS) is 27.7. The molecule has 2 fully saturated rings. The minimum atomic E-state index is 0.594. The van der Waals surface area contributed by atoms with Gasteiger partial charge in [0.1, 0.15) is 11.8 Å². The summed E-state index contributed by atoms with van der Waals surface area (Å²) in [5, 5.41) is 9.09. The molecule has 0 radical (unpaired) electrons. The molecule has 0 spiro atoms. The lowest BCUT2D eigenvalue weighted by atomic mass is 9.85. The molecular formula is C15H19N3. The molecule has 1 saturated carbocycles. The Labute approximate surface area is 108 Å². The lowest BCUT2D eigenvalue weighted by Gasteiger charge is -2.31. The maximum Gasteiger partial charge on any atom is 0.144 e. The van der Waals surface area contributed by atoms with Gasteiger partial charge >= 0.3 is 0 Å². The molecule has 1 saturated heterocycles. The lowest BCUT2D eigenvalue weighted by Crippen LogP contribution is -2.34. The Morgan fingerprint density at radius 1 is 1.33 bits per heavy atom. The van der Waals surface area contributed by atoms with E-state index >= 15 is 0 Å². The topological polar surface area (TPSA) is 39.9 Å². The number of likely N-dealkylation sites (tertiary alicyclic amines) is 1. The van der Waals surface area contributed by atoms with Gasteiger partial charge in [0.25, 0.3) is 0 Å². The zero-order valence-corrected chi connectivity index (χ0v) is 10.7. The molecule has 1 aromatic rings. The van der Waals surface area contributed by atoms with E-state index in [9.17, 15) is 0 Å². The zero-order valence-electron chi connectivity index (χ0n) is 10.7. The summed E-state index contributed by atoms with van der Waals surface area (Å²) in [6, 6.07) is 6.94. The van der Waals surface area contributed by atoms with Crippen molar-refractivity contribution in [2.75, 3.05) is 6.54 Å². The summed E-state index contributed by atoms with van der Waals surface area (Å²) in [6.45, 7) is 2.09. The van der Waals surface area contributed by atoms with E-state index < -0.39 is 0 Å². The van der Waals surface area contributed by atoms with Crippen molar-refractivity contribution in [1.29, 1.82) is 5.26 Å². The molecule has 0 amide bonds. The quantitative estimate of drug-likeness (QED) is 0.799. The minimum absolute atomic E-state index is 0.594. The first-order valence-corrected chi connectivity index (χ1v) is 6.96. The molecule has 2 heterocycles. The number of rotatable bonds is 2. The SMILES string of the molecule is N#Cc1ncccc1CN1CCC2CCCCC21. The molecule has 18 heavy (non-hydrogen) atoms. The van der Waals surface area contributed by atoms with Crippen molar-refractivity contribution in [3.8, 4) is 6.07 Å². The molecule has 3 nitrogen and oxygen atoms in total. The van der Waals surface area contributed by atoms with Crippen molar-refractivity contribution in [2.24, 2.45) is 5.92 Å². The average Bonchev–Trinajstić information content (AvgIpc) is 2.83. The second-order valence-electron chi connectivity index (χ2n) is 5.49. The molecule has 94 valence electrons. The van der Waals surface area contributed by atoms with E-state index in [1.165, 1.54) is 38.6 Å². The number of aromatic nitrogens is 1. The number of nitriles is 1. The van der Waals surface area contributed by atoms with Crippen molar-refractivity contribution in [3.05, 3.63) is 29.6 Å². The van der Waals surface area contributed by atoms with Crippen molar-refractivity contribution >= 4 is 0 Å². The number of fused-ring (bicyclic) bond motifs is 1. The van der Waals surface area contributed by atoms with Crippen LogP contribution in [0.3, 0.4) is 0 Å². The highest BCUT2D eigenvalue weighted by Crippen LogP contribution is 2.36. The van der Waals surface area contributed by atoms with Crippen LogP contribution in [0.1, 0.15) is 43.4 Å². The van der Waals surface area contributed by atoms with Gasteiger partial charge in [-0.1, -0.05) is 18.9 Å². The van der Waals surface area contributed by atoms with Gasteiger partial charge < -0.3 is 0 Å². The fraction of sp³-hybridized carbons (Fsp3) is 0.600. The second-order valence-corrected chi connectivity index (χ2v) is 5.49. The van der Waals surface area contributed by atoms with Gasteiger partial charge in [0.05, 0.1) is 0 Å². The molecule has 2 atom stereocenters. The minimum Gasteiger partial charge on any atom is -0.296 e. The first-order chi connectivity index (χ1) is 8.88. The first-order valence-electron chi connectivity index (χ1n) is 6.96. The van der Waals surface area contributed by atoms with Crippen LogP contribution in [0.4, 0.5) is 0 Å². The Balaban J connectivity index is 1.75. The molecule has 1 aliphatic carbocycles. The molecule has 1 aromatic heterocycles. The standard InChI is InChI=1S/C15H19N3/c16-10-14-13(5-3-8-17-14)11-18-9-7-12-4-1-2-6-15(12)18/h3,5,8,12,15H,1-2,4,6-7,9,11H2.